The molecule has 0 radical (unpaired) electrons. The van der Waals surface area contributed by atoms with E-state index in [0.29, 0.717) is 0 Å². The van der Waals surface area contributed by atoms with Crippen LogP contribution in [0.25, 0.3) is 0 Å². The van der Waals surface area contributed by atoms with Gasteiger partial charge in [-0.05, 0) is 26.3 Å². The van der Waals surface area contributed by atoms with Crippen LogP contribution in [0.5, 0.6) is 0 Å². The van der Waals surface area contributed by atoms with Crippen molar-refractivity contribution in [1.82, 2.24) is 9.78 Å². The Balaban J connectivity index is 2.33. The molecule has 0 aliphatic heterocycles. The van der Waals surface area contributed by atoms with Crippen LogP contribution in [-0.2, 0) is 4.79 Å². The Kier molecular flexibility index (Phi) is 4.58. The van der Waals surface area contributed by atoms with Gasteiger partial charge in [0.15, 0.2) is 0 Å². The number of hydrogen-bond acceptors (Lipinski definition) is 6. The second kappa shape index (κ2) is 6.44. The van der Waals surface area contributed by atoms with Crippen LogP contribution in [0.4, 0.5) is 17.1 Å². The highest BCUT2D eigenvalue weighted by atomic mass is 16.6. The van der Waals surface area contributed by atoms with Crippen LogP contribution < -0.4 is 5.32 Å². The van der Waals surface area contributed by atoms with Crippen molar-refractivity contribution >= 4 is 23.0 Å². The van der Waals surface area contributed by atoms with Crippen molar-refractivity contribution in [3.8, 4) is 0 Å². The third-order valence-corrected chi connectivity index (χ3v) is 3.52. The molecule has 10 heteroatoms. The van der Waals surface area contributed by atoms with Crippen LogP contribution in [0.2, 0.25) is 0 Å². The number of benzene rings is 1. The SMILES string of the molecule is Cc1cnn(C(C)C(=O)Nc2cc([N+](=O)[O-])c(C)c([N+](=O)[O-])c2)c1. The molecule has 1 heterocycles. The molecular formula is C14H15N5O5. The molecule has 0 fully saturated rings. The first-order valence-corrected chi connectivity index (χ1v) is 6.95. The molecule has 0 saturated carbocycles. The summed E-state index contributed by atoms with van der Waals surface area (Å²) < 4.78 is 1.43. The van der Waals surface area contributed by atoms with Gasteiger partial charge >= 0.3 is 0 Å². The fourth-order valence-corrected chi connectivity index (χ4v) is 2.15. The van der Waals surface area contributed by atoms with Gasteiger partial charge in [0.05, 0.1) is 21.7 Å². The van der Waals surface area contributed by atoms with Crippen molar-refractivity contribution in [2.45, 2.75) is 26.8 Å². The van der Waals surface area contributed by atoms with E-state index in [1.165, 1.54) is 11.6 Å². The number of hydrogen-bond donors (Lipinski definition) is 1. The molecule has 10 nitrogen and oxygen atoms in total. The summed E-state index contributed by atoms with van der Waals surface area (Å²) in [7, 11) is 0. The minimum absolute atomic E-state index is 0.0141. The summed E-state index contributed by atoms with van der Waals surface area (Å²) in [6, 6.07) is 1.51. The summed E-state index contributed by atoms with van der Waals surface area (Å²) in [6.45, 7) is 4.70. The predicted octanol–water partition coefficient (Wildman–Crippen LogP) is 2.52. The topological polar surface area (TPSA) is 133 Å². The molecule has 1 aromatic carbocycles. The average Bonchev–Trinajstić information content (AvgIpc) is 2.93. The van der Waals surface area contributed by atoms with Gasteiger partial charge in [0, 0.05) is 18.3 Å². The highest BCUT2D eigenvalue weighted by Gasteiger charge is 2.25. The zero-order valence-electron chi connectivity index (χ0n) is 13.2. The van der Waals surface area contributed by atoms with Crippen molar-refractivity contribution in [3.05, 3.63) is 55.9 Å². The van der Waals surface area contributed by atoms with Gasteiger partial charge in [-0.1, -0.05) is 0 Å². The zero-order chi connectivity index (χ0) is 18.0. The molecule has 1 unspecified atom stereocenters. The van der Waals surface area contributed by atoms with Gasteiger partial charge in [-0.25, -0.2) is 0 Å². The Labute approximate surface area is 136 Å². The van der Waals surface area contributed by atoms with E-state index >= 15 is 0 Å². The lowest BCUT2D eigenvalue weighted by Crippen LogP contribution is -2.24. The van der Waals surface area contributed by atoms with Crippen molar-refractivity contribution < 1.29 is 14.6 Å². The Hall–Kier alpha value is -3.30. The largest absolute Gasteiger partial charge is 0.324 e. The smallest absolute Gasteiger partial charge is 0.281 e. The highest BCUT2D eigenvalue weighted by Crippen LogP contribution is 2.32. The number of nitrogens with one attached hydrogen (secondary N) is 1. The highest BCUT2D eigenvalue weighted by molar-refractivity contribution is 5.94. The Morgan fingerprint density at radius 1 is 1.21 bits per heavy atom. The molecule has 0 spiro atoms. The lowest BCUT2D eigenvalue weighted by molar-refractivity contribution is -0.395. The first kappa shape index (κ1) is 17.1. The van der Waals surface area contributed by atoms with E-state index in [2.05, 4.69) is 10.4 Å². The Morgan fingerprint density at radius 2 is 1.75 bits per heavy atom. The van der Waals surface area contributed by atoms with E-state index in [1.54, 1.807) is 19.3 Å². The number of anilines is 1. The summed E-state index contributed by atoms with van der Waals surface area (Å²) in [5.41, 5.74) is -0.0705. The number of amides is 1. The van der Waals surface area contributed by atoms with Crippen LogP contribution >= 0.6 is 0 Å². The van der Waals surface area contributed by atoms with Crippen LogP contribution in [0, 0.1) is 34.1 Å². The maximum atomic E-state index is 12.3. The number of carbonyl (C=O) groups is 1. The lowest BCUT2D eigenvalue weighted by atomic mass is 10.1. The fraction of sp³-hybridized carbons (Fsp3) is 0.286. The van der Waals surface area contributed by atoms with Crippen molar-refractivity contribution in [2.24, 2.45) is 0 Å². The van der Waals surface area contributed by atoms with Crippen LogP contribution in [0.3, 0.4) is 0 Å². The molecule has 0 saturated heterocycles. The second-order valence-electron chi connectivity index (χ2n) is 5.32. The summed E-state index contributed by atoms with van der Waals surface area (Å²) >= 11 is 0. The first-order valence-electron chi connectivity index (χ1n) is 6.95. The monoisotopic (exact) mass is 333 g/mol. The molecule has 2 rings (SSSR count). The number of nitro benzene ring substituents is 2. The van der Waals surface area contributed by atoms with Gasteiger partial charge in [0.1, 0.15) is 11.6 Å². The number of nitrogens with zero attached hydrogens (tertiary/aromatic N) is 4. The zero-order valence-corrected chi connectivity index (χ0v) is 13.2. The summed E-state index contributed by atoms with van der Waals surface area (Å²) in [6.07, 6.45) is 3.26. The number of aromatic nitrogens is 2. The van der Waals surface area contributed by atoms with Crippen molar-refractivity contribution in [1.29, 1.82) is 0 Å². The summed E-state index contributed by atoms with van der Waals surface area (Å²) in [5, 5.41) is 28.6. The first-order chi connectivity index (χ1) is 11.2. The van der Waals surface area contributed by atoms with Gasteiger partial charge in [-0.2, -0.15) is 5.10 Å². The van der Waals surface area contributed by atoms with Crippen LogP contribution in [0.15, 0.2) is 24.5 Å². The second-order valence-corrected chi connectivity index (χ2v) is 5.32. The van der Waals surface area contributed by atoms with E-state index in [4.69, 9.17) is 0 Å². The Bertz CT molecular complexity index is 794. The molecule has 1 N–H and O–H groups in total. The third-order valence-electron chi connectivity index (χ3n) is 3.52. The molecule has 1 amide bonds. The molecule has 126 valence electrons. The molecule has 0 bridgehead atoms. The van der Waals surface area contributed by atoms with Gasteiger partial charge in [-0.3, -0.25) is 29.7 Å². The summed E-state index contributed by atoms with van der Waals surface area (Å²) in [5.74, 6) is -0.495. The van der Waals surface area contributed by atoms with E-state index in [-0.39, 0.29) is 11.3 Å². The summed E-state index contributed by atoms with van der Waals surface area (Å²) in [4.78, 5) is 32.9. The van der Waals surface area contributed by atoms with Crippen molar-refractivity contribution in [3.63, 3.8) is 0 Å². The van der Waals surface area contributed by atoms with Gasteiger partial charge in [0.25, 0.3) is 11.4 Å². The predicted molar refractivity (Wildman–Crippen MR) is 84.8 cm³/mol. The quantitative estimate of drug-likeness (QED) is 0.660. The standard InChI is InChI=1S/C14H15N5O5/c1-8-6-15-17(7-8)10(3)14(20)16-11-4-12(18(21)22)9(2)13(5-11)19(23)24/h4-7,10H,1-3H3,(H,16,20). The number of nitro groups is 2. The maximum absolute atomic E-state index is 12.3. The number of carbonyl (C=O) groups excluding carboxylic acids is 1. The van der Waals surface area contributed by atoms with E-state index < -0.39 is 33.2 Å². The minimum atomic E-state index is -0.724. The van der Waals surface area contributed by atoms with E-state index in [1.807, 2.05) is 6.92 Å². The number of aryl methyl sites for hydroxylation is 1. The number of rotatable bonds is 5. The molecule has 0 aliphatic rings. The fourth-order valence-electron chi connectivity index (χ4n) is 2.15. The molecule has 2 aromatic rings. The van der Waals surface area contributed by atoms with Gasteiger partial charge < -0.3 is 5.32 Å². The average molecular weight is 333 g/mol. The lowest BCUT2D eigenvalue weighted by Gasteiger charge is -2.13. The van der Waals surface area contributed by atoms with Gasteiger partial charge in [-0.15, -0.1) is 0 Å². The van der Waals surface area contributed by atoms with E-state index in [0.717, 1.165) is 17.7 Å². The molecule has 24 heavy (non-hydrogen) atoms. The molecule has 1 atom stereocenters. The minimum Gasteiger partial charge on any atom is -0.324 e. The Morgan fingerprint density at radius 3 is 2.17 bits per heavy atom. The van der Waals surface area contributed by atoms with Crippen LogP contribution in [0.1, 0.15) is 24.1 Å². The normalized spacial score (nSPS) is 11.8. The van der Waals surface area contributed by atoms with Crippen LogP contribution in [-0.4, -0.2) is 25.5 Å². The third kappa shape index (κ3) is 3.37. The molecule has 1 aromatic heterocycles. The van der Waals surface area contributed by atoms with E-state index in [9.17, 15) is 25.0 Å². The maximum Gasteiger partial charge on any atom is 0.281 e. The molecular weight excluding hydrogens is 318 g/mol. The molecule has 0 aliphatic carbocycles. The van der Waals surface area contributed by atoms with Gasteiger partial charge in [0.2, 0.25) is 5.91 Å². The van der Waals surface area contributed by atoms with Crippen molar-refractivity contribution in [2.75, 3.05) is 5.32 Å².